The largest absolute Gasteiger partial charge is 0.351 e. The summed E-state index contributed by atoms with van der Waals surface area (Å²) in [6.07, 6.45) is 2.03. The second-order valence-electron chi connectivity index (χ2n) is 7.85. The van der Waals surface area contributed by atoms with E-state index in [0.717, 1.165) is 23.4 Å². The third kappa shape index (κ3) is 5.16. The molecule has 0 saturated carbocycles. The molecule has 0 fully saturated rings. The van der Waals surface area contributed by atoms with Crippen LogP contribution in [-0.2, 0) is 16.0 Å². The number of para-hydroxylation sites is 1. The number of fused-ring (bicyclic) bond motifs is 1. The van der Waals surface area contributed by atoms with Gasteiger partial charge in [-0.25, -0.2) is 0 Å². The highest BCUT2D eigenvalue weighted by Gasteiger charge is 2.34. The van der Waals surface area contributed by atoms with Gasteiger partial charge in [0, 0.05) is 22.1 Å². The summed E-state index contributed by atoms with van der Waals surface area (Å²) in [6, 6.07) is 18.1. The van der Waals surface area contributed by atoms with E-state index in [0.29, 0.717) is 6.42 Å². The van der Waals surface area contributed by atoms with Crippen LogP contribution < -0.4 is 10.2 Å². The van der Waals surface area contributed by atoms with Crippen molar-refractivity contribution >= 4 is 29.3 Å². The molecule has 2 aromatic carbocycles. The van der Waals surface area contributed by atoms with Gasteiger partial charge in [0.25, 0.3) is 0 Å². The fourth-order valence-corrected chi connectivity index (χ4v) is 4.70. The van der Waals surface area contributed by atoms with Crippen molar-refractivity contribution in [2.24, 2.45) is 0 Å². The molecule has 5 heteroatoms. The zero-order chi connectivity index (χ0) is 20.1. The third-order valence-corrected chi connectivity index (χ3v) is 6.17. The van der Waals surface area contributed by atoms with Crippen molar-refractivity contribution in [3.8, 4) is 0 Å². The molecule has 0 saturated heterocycles. The molecular formula is C23H28N2O2S. The minimum Gasteiger partial charge on any atom is -0.351 e. The number of nitrogens with zero attached hydrogens (tertiary/aromatic N) is 1. The van der Waals surface area contributed by atoms with Crippen molar-refractivity contribution in [2.45, 2.75) is 55.7 Å². The fourth-order valence-electron chi connectivity index (χ4n) is 3.48. The molecule has 2 amide bonds. The zero-order valence-electron chi connectivity index (χ0n) is 16.8. The Morgan fingerprint density at radius 1 is 1.14 bits per heavy atom. The van der Waals surface area contributed by atoms with Gasteiger partial charge >= 0.3 is 0 Å². The minimum absolute atomic E-state index is 0.00583. The summed E-state index contributed by atoms with van der Waals surface area (Å²) in [5.74, 6) is -0.121. The second-order valence-corrected chi connectivity index (χ2v) is 9.60. The smallest absolute Gasteiger partial charge is 0.240 e. The van der Waals surface area contributed by atoms with Crippen LogP contribution in [0.1, 0.15) is 39.2 Å². The molecular weight excluding hydrogens is 368 g/mol. The Labute approximate surface area is 171 Å². The van der Waals surface area contributed by atoms with E-state index in [1.807, 2.05) is 42.5 Å². The van der Waals surface area contributed by atoms with Crippen LogP contribution >= 0.6 is 11.8 Å². The molecule has 4 nitrogen and oxygen atoms in total. The Morgan fingerprint density at radius 3 is 2.54 bits per heavy atom. The van der Waals surface area contributed by atoms with Gasteiger partial charge in [0.1, 0.15) is 6.54 Å². The number of thioether (sulfide) groups is 1. The van der Waals surface area contributed by atoms with Gasteiger partial charge in [0.2, 0.25) is 11.8 Å². The molecule has 1 atom stereocenters. The van der Waals surface area contributed by atoms with Crippen LogP contribution in [-0.4, -0.2) is 29.1 Å². The maximum absolute atomic E-state index is 12.9. The minimum atomic E-state index is -0.197. The number of hydrogen-bond acceptors (Lipinski definition) is 3. The maximum Gasteiger partial charge on any atom is 0.240 e. The summed E-state index contributed by atoms with van der Waals surface area (Å²) in [4.78, 5) is 28.4. The average Bonchev–Trinajstić information content (AvgIpc) is 2.75. The Morgan fingerprint density at radius 2 is 1.82 bits per heavy atom. The van der Waals surface area contributed by atoms with Gasteiger partial charge in [0.15, 0.2) is 0 Å². The SMILES string of the molecule is CCC(Cc1ccccc1)NC(=O)CN1C(=O)CC(C)(C)Sc2ccccc21. The first-order valence-electron chi connectivity index (χ1n) is 9.79. The molecule has 0 aliphatic carbocycles. The van der Waals surface area contributed by atoms with E-state index in [-0.39, 0.29) is 29.1 Å². The van der Waals surface area contributed by atoms with Crippen LogP contribution in [0, 0.1) is 0 Å². The lowest BCUT2D eigenvalue weighted by atomic mass is 10.0. The Balaban J connectivity index is 1.72. The van der Waals surface area contributed by atoms with Crippen LogP contribution in [0.15, 0.2) is 59.5 Å². The van der Waals surface area contributed by atoms with Gasteiger partial charge in [-0.3, -0.25) is 9.59 Å². The van der Waals surface area contributed by atoms with E-state index in [2.05, 4.69) is 38.2 Å². The highest BCUT2D eigenvalue weighted by atomic mass is 32.2. The summed E-state index contributed by atoms with van der Waals surface area (Å²) >= 11 is 1.70. The summed E-state index contributed by atoms with van der Waals surface area (Å²) < 4.78 is -0.197. The Hall–Kier alpha value is -2.27. The quantitative estimate of drug-likeness (QED) is 0.786. The molecule has 0 spiro atoms. The van der Waals surface area contributed by atoms with E-state index in [1.165, 1.54) is 5.56 Å². The number of rotatable bonds is 6. The highest BCUT2D eigenvalue weighted by Crippen LogP contribution is 2.43. The Kier molecular flexibility index (Phi) is 6.45. The predicted molar refractivity (Wildman–Crippen MR) is 116 cm³/mol. The molecule has 1 unspecified atom stereocenters. The first-order chi connectivity index (χ1) is 13.4. The summed E-state index contributed by atoms with van der Waals surface area (Å²) in [5.41, 5.74) is 2.03. The standard InChI is InChI=1S/C23H28N2O2S/c1-4-18(14-17-10-6-5-7-11-17)24-21(26)16-25-19-12-8-9-13-20(19)28-23(2,3)15-22(25)27/h5-13,18H,4,14-16H2,1-3H3,(H,24,26). The van der Waals surface area contributed by atoms with E-state index in [4.69, 9.17) is 0 Å². The second kappa shape index (κ2) is 8.82. The molecule has 0 bridgehead atoms. The van der Waals surface area contributed by atoms with E-state index < -0.39 is 0 Å². The molecule has 28 heavy (non-hydrogen) atoms. The van der Waals surface area contributed by atoms with Crippen LogP contribution in [0.25, 0.3) is 0 Å². The number of benzene rings is 2. The molecule has 0 aromatic heterocycles. The first-order valence-corrected chi connectivity index (χ1v) is 10.6. The monoisotopic (exact) mass is 396 g/mol. The van der Waals surface area contributed by atoms with Crippen LogP contribution in [0.3, 0.4) is 0 Å². The van der Waals surface area contributed by atoms with Gasteiger partial charge in [-0.15, -0.1) is 11.8 Å². The Bertz CT molecular complexity index is 836. The van der Waals surface area contributed by atoms with Crippen molar-refractivity contribution < 1.29 is 9.59 Å². The van der Waals surface area contributed by atoms with Crippen molar-refractivity contribution in [1.29, 1.82) is 0 Å². The summed E-state index contributed by atoms with van der Waals surface area (Å²) in [6.45, 7) is 6.27. The molecule has 0 radical (unpaired) electrons. The maximum atomic E-state index is 12.9. The molecule has 148 valence electrons. The molecule has 1 aliphatic heterocycles. The lowest BCUT2D eigenvalue weighted by Crippen LogP contribution is -2.45. The topological polar surface area (TPSA) is 49.4 Å². The van der Waals surface area contributed by atoms with Crippen molar-refractivity contribution in [2.75, 3.05) is 11.4 Å². The van der Waals surface area contributed by atoms with Crippen LogP contribution in [0.5, 0.6) is 0 Å². The number of amides is 2. The molecule has 1 heterocycles. The van der Waals surface area contributed by atoms with Gasteiger partial charge in [-0.2, -0.15) is 0 Å². The zero-order valence-corrected chi connectivity index (χ0v) is 17.6. The van der Waals surface area contributed by atoms with Gasteiger partial charge in [0.05, 0.1) is 5.69 Å². The molecule has 1 aliphatic rings. The number of nitrogens with one attached hydrogen (secondary N) is 1. The van der Waals surface area contributed by atoms with Crippen LogP contribution in [0.4, 0.5) is 5.69 Å². The number of hydrogen-bond donors (Lipinski definition) is 1. The van der Waals surface area contributed by atoms with E-state index in [1.54, 1.807) is 16.7 Å². The third-order valence-electron chi connectivity index (χ3n) is 4.90. The average molecular weight is 397 g/mol. The van der Waals surface area contributed by atoms with Gasteiger partial charge in [-0.05, 0) is 44.4 Å². The molecule has 1 N–H and O–H groups in total. The normalized spacial score (nSPS) is 16.8. The first kappa shape index (κ1) is 20.5. The predicted octanol–water partition coefficient (Wildman–Crippen LogP) is 4.43. The molecule has 3 rings (SSSR count). The van der Waals surface area contributed by atoms with E-state index in [9.17, 15) is 9.59 Å². The summed E-state index contributed by atoms with van der Waals surface area (Å²) in [7, 11) is 0. The van der Waals surface area contributed by atoms with Crippen molar-refractivity contribution in [3.05, 3.63) is 60.2 Å². The van der Waals surface area contributed by atoms with E-state index >= 15 is 0 Å². The fraction of sp³-hybridized carbons (Fsp3) is 0.391. The highest BCUT2D eigenvalue weighted by molar-refractivity contribution is 8.00. The number of carbonyl (C=O) groups excluding carboxylic acids is 2. The van der Waals surface area contributed by atoms with Crippen LogP contribution in [0.2, 0.25) is 0 Å². The van der Waals surface area contributed by atoms with Crippen molar-refractivity contribution in [1.82, 2.24) is 5.32 Å². The number of anilines is 1. The summed E-state index contributed by atoms with van der Waals surface area (Å²) in [5, 5.41) is 3.12. The molecule has 2 aromatic rings. The van der Waals surface area contributed by atoms with Gasteiger partial charge in [-0.1, -0.05) is 49.4 Å². The van der Waals surface area contributed by atoms with Gasteiger partial charge < -0.3 is 10.2 Å². The lowest BCUT2D eigenvalue weighted by molar-refractivity contribution is -0.124. The number of carbonyl (C=O) groups is 2. The van der Waals surface area contributed by atoms with Crippen molar-refractivity contribution in [3.63, 3.8) is 0 Å². The lowest BCUT2D eigenvalue weighted by Gasteiger charge is -2.24.